The van der Waals surface area contributed by atoms with E-state index in [9.17, 15) is 10.1 Å². The van der Waals surface area contributed by atoms with Crippen LogP contribution in [-0.4, -0.2) is 18.0 Å². The summed E-state index contributed by atoms with van der Waals surface area (Å²) in [6.45, 7) is 4.40. The molecule has 0 spiro atoms. The summed E-state index contributed by atoms with van der Waals surface area (Å²) in [5.74, 6) is 0. The van der Waals surface area contributed by atoms with E-state index in [4.69, 9.17) is 0 Å². The highest BCUT2D eigenvalue weighted by Crippen LogP contribution is 2.13. The van der Waals surface area contributed by atoms with Crippen molar-refractivity contribution < 1.29 is 4.92 Å². The van der Waals surface area contributed by atoms with Crippen LogP contribution >= 0.6 is 0 Å². The number of nitrogens with zero attached hydrogens (tertiary/aromatic N) is 1. The van der Waals surface area contributed by atoms with Gasteiger partial charge in [-0.2, -0.15) is 0 Å². The average Bonchev–Trinajstić information content (AvgIpc) is 2.42. The molecule has 0 aliphatic rings. The monoisotopic (exact) mass is 264 g/mol. The molecule has 4 nitrogen and oxygen atoms in total. The summed E-state index contributed by atoms with van der Waals surface area (Å²) in [4.78, 5) is 10.2. The van der Waals surface area contributed by atoms with Gasteiger partial charge in [-0.3, -0.25) is 10.1 Å². The largest absolute Gasteiger partial charge is 0.317 e. The highest BCUT2D eigenvalue weighted by molar-refractivity contribution is 5.32. The lowest BCUT2D eigenvalue weighted by Crippen LogP contribution is -2.16. The van der Waals surface area contributed by atoms with Crippen LogP contribution in [0.15, 0.2) is 24.3 Å². The molecule has 0 aromatic heterocycles. The van der Waals surface area contributed by atoms with Gasteiger partial charge in [0.15, 0.2) is 0 Å². The standard InChI is InChI=1S/C15H24N2O2/c1-2-3-5-12-16-13-6-4-7-14-8-10-15(11-9-14)17(18)19/h8-11,16H,2-7,12-13H2,1H3. The maximum Gasteiger partial charge on any atom is 0.269 e. The van der Waals surface area contributed by atoms with Gasteiger partial charge < -0.3 is 5.32 Å². The minimum absolute atomic E-state index is 0.168. The molecule has 1 aromatic carbocycles. The van der Waals surface area contributed by atoms with Gasteiger partial charge in [0.05, 0.1) is 4.92 Å². The van der Waals surface area contributed by atoms with E-state index < -0.39 is 0 Å². The van der Waals surface area contributed by atoms with Crippen molar-refractivity contribution in [1.82, 2.24) is 5.32 Å². The molecular formula is C15H24N2O2. The fourth-order valence-corrected chi connectivity index (χ4v) is 1.99. The van der Waals surface area contributed by atoms with Gasteiger partial charge in [0.2, 0.25) is 0 Å². The molecule has 0 heterocycles. The third kappa shape index (κ3) is 6.91. The van der Waals surface area contributed by atoms with Crippen LogP contribution in [0, 0.1) is 10.1 Å². The van der Waals surface area contributed by atoms with E-state index in [1.807, 2.05) is 12.1 Å². The second kappa shape index (κ2) is 9.50. The fraction of sp³-hybridized carbons (Fsp3) is 0.600. The number of nitro groups is 1. The van der Waals surface area contributed by atoms with Crippen LogP contribution in [0.2, 0.25) is 0 Å². The lowest BCUT2D eigenvalue weighted by molar-refractivity contribution is -0.384. The number of hydrogen-bond donors (Lipinski definition) is 1. The number of benzene rings is 1. The second-order valence-electron chi connectivity index (χ2n) is 4.84. The predicted octanol–water partition coefficient (Wildman–Crippen LogP) is 3.70. The summed E-state index contributed by atoms with van der Waals surface area (Å²) >= 11 is 0. The molecule has 0 unspecified atom stereocenters. The molecule has 1 aromatic rings. The van der Waals surface area contributed by atoms with Gasteiger partial charge in [-0.25, -0.2) is 0 Å². The molecule has 0 aliphatic carbocycles. The van der Waals surface area contributed by atoms with Gasteiger partial charge in [-0.05, 0) is 44.3 Å². The lowest BCUT2D eigenvalue weighted by Gasteiger charge is -2.04. The summed E-state index contributed by atoms with van der Waals surface area (Å²) in [5.41, 5.74) is 1.35. The normalized spacial score (nSPS) is 10.6. The molecule has 4 heteroatoms. The second-order valence-corrected chi connectivity index (χ2v) is 4.84. The summed E-state index contributed by atoms with van der Waals surface area (Å²) in [6.07, 6.45) is 7.10. The number of nitrogens with one attached hydrogen (secondary N) is 1. The third-order valence-electron chi connectivity index (χ3n) is 3.17. The van der Waals surface area contributed by atoms with Crippen molar-refractivity contribution >= 4 is 5.69 Å². The Kier molecular flexibility index (Phi) is 7.82. The molecule has 0 fully saturated rings. The summed E-state index contributed by atoms with van der Waals surface area (Å²) in [5, 5.41) is 14.0. The Labute approximate surface area is 115 Å². The molecule has 0 saturated carbocycles. The van der Waals surface area contributed by atoms with E-state index in [0.29, 0.717) is 0 Å². The quantitative estimate of drug-likeness (QED) is 0.398. The summed E-state index contributed by atoms with van der Waals surface area (Å²) < 4.78 is 0. The van der Waals surface area contributed by atoms with Crippen molar-refractivity contribution in [3.8, 4) is 0 Å². The Morgan fingerprint density at radius 3 is 2.26 bits per heavy atom. The number of non-ortho nitro benzene ring substituents is 1. The molecule has 19 heavy (non-hydrogen) atoms. The van der Waals surface area contributed by atoms with E-state index in [0.717, 1.165) is 32.4 Å². The van der Waals surface area contributed by atoms with Crippen LogP contribution < -0.4 is 5.32 Å². The minimum atomic E-state index is -0.357. The Morgan fingerprint density at radius 1 is 1.05 bits per heavy atom. The first-order chi connectivity index (χ1) is 9.24. The van der Waals surface area contributed by atoms with Crippen molar-refractivity contribution in [3.63, 3.8) is 0 Å². The van der Waals surface area contributed by atoms with E-state index in [2.05, 4.69) is 12.2 Å². The fourth-order valence-electron chi connectivity index (χ4n) is 1.99. The van der Waals surface area contributed by atoms with Crippen molar-refractivity contribution in [2.45, 2.75) is 45.4 Å². The smallest absolute Gasteiger partial charge is 0.269 e. The van der Waals surface area contributed by atoms with Crippen LogP contribution in [0.4, 0.5) is 5.69 Å². The molecule has 0 saturated heterocycles. The molecule has 0 amide bonds. The van der Waals surface area contributed by atoms with Gasteiger partial charge in [0, 0.05) is 12.1 Å². The van der Waals surface area contributed by atoms with Crippen LogP contribution in [0.1, 0.15) is 44.6 Å². The number of rotatable bonds is 10. The zero-order valence-corrected chi connectivity index (χ0v) is 11.7. The third-order valence-corrected chi connectivity index (χ3v) is 3.17. The zero-order chi connectivity index (χ0) is 13.9. The molecule has 0 atom stereocenters. The maximum atomic E-state index is 10.5. The van der Waals surface area contributed by atoms with Gasteiger partial charge in [0.1, 0.15) is 0 Å². The summed E-state index contributed by atoms with van der Waals surface area (Å²) in [6, 6.07) is 6.87. The van der Waals surface area contributed by atoms with Gasteiger partial charge >= 0.3 is 0 Å². The molecule has 106 valence electrons. The molecule has 0 aliphatic heterocycles. The lowest BCUT2D eigenvalue weighted by atomic mass is 10.1. The van der Waals surface area contributed by atoms with Crippen molar-refractivity contribution in [2.24, 2.45) is 0 Å². The van der Waals surface area contributed by atoms with E-state index in [-0.39, 0.29) is 10.6 Å². The highest BCUT2D eigenvalue weighted by atomic mass is 16.6. The SMILES string of the molecule is CCCCCNCCCCc1ccc([N+](=O)[O-])cc1. The zero-order valence-electron chi connectivity index (χ0n) is 11.7. The maximum absolute atomic E-state index is 10.5. The van der Waals surface area contributed by atoms with Crippen LogP contribution in [0.3, 0.4) is 0 Å². The van der Waals surface area contributed by atoms with E-state index in [1.54, 1.807) is 12.1 Å². The Balaban J connectivity index is 2.07. The molecule has 0 radical (unpaired) electrons. The first-order valence-corrected chi connectivity index (χ1v) is 7.18. The Morgan fingerprint density at radius 2 is 1.68 bits per heavy atom. The van der Waals surface area contributed by atoms with Gasteiger partial charge in [0.25, 0.3) is 5.69 Å². The Hall–Kier alpha value is -1.42. The van der Waals surface area contributed by atoms with Crippen molar-refractivity contribution in [1.29, 1.82) is 0 Å². The molecule has 1 N–H and O–H groups in total. The van der Waals surface area contributed by atoms with Gasteiger partial charge in [-0.15, -0.1) is 0 Å². The minimum Gasteiger partial charge on any atom is -0.317 e. The number of hydrogen-bond acceptors (Lipinski definition) is 3. The van der Waals surface area contributed by atoms with E-state index in [1.165, 1.54) is 24.8 Å². The first kappa shape index (κ1) is 15.6. The van der Waals surface area contributed by atoms with Crippen molar-refractivity contribution in [3.05, 3.63) is 39.9 Å². The Bertz CT molecular complexity index is 363. The number of unbranched alkanes of at least 4 members (excludes halogenated alkanes) is 3. The topological polar surface area (TPSA) is 55.2 Å². The predicted molar refractivity (Wildman–Crippen MR) is 78.4 cm³/mol. The van der Waals surface area contributed by atoms with Crippen LogP contribution in [0.5, 0.6) is 0 Å². The number of aryl methyl sites for hydroxylation is 1. The number of nitro benzene ring substituents is 1. The van der Waals surface area contributed by atoms with Gasteiger partial charge in [-0.1, -0.05) is 31.9 Å². The van der Waals surface area contributed by atoms with Crippen LogP contribution in [0.25, 0.3) is 0 Å². The van der Waals surface area contributed by atoms with Crippen LogP contribution in [-0.2, 0) is 6.42 Å². The van der Waals surface area contributed by atoms with Crippen molar-refractivity contribution in [2.75, 3.05) is 13.1 Å². The molecule has 0 bridgehead atoms. The average molecular weight is 264 g/mol. The highest BCUT2D eigenvalue weighted by Gasteiger charge is 2.03. The molecule has 1 rings (SSSR count). The first-order valence-electron chi connectivity index (χ1n) is 7.18. The summed E-state index contributed by atoms with van der Waals surface area (Å²) in [7, 11) is 0. The van der Waals surface area contributed by atoms with E-state index >= 15 is 0 Å². The molecular weight excluding hydrogens is 240 g/mol.